The summed E-state index contributed by atoms with van der Waals surface area (Å²) in [6.07, 6.45) is -2.81. The lowest BCUT2D eigenvalue weighted by Crippen LogP contribution is -2.50. The summed E-state index contributed by atoms with van der Waals surface area (Å²) in [5.41, 5.74) is 2.51. The molecule has 1 aromatic heterocycles. The molecule has 1 N–H and O–H groups in total. The van der Waals surface area contributed by atoms with Gasteiger partial charge in [-0.15, -0.1) is 0 Å². The van der Waals surface area contributed by atoms with E-state index in [1.807, 2.05) is 19.1 Å². The molecule has 1 fully saturated rings. The summed E-state index contributed by atoms with van der Waals surface area (Å²) in [6, 6.07) is 14.4. The Morgan fingerprint density at radius 1 is 1.06 bits per heavy atom. The van der Waals surface area contributed by atoms with E-state index >= 15 is 0 Å². The summed E-state index contributed by atoms with van der Waals surface area (Å²) in [6.45, 7) is 6.73. The highest BCUT2D eigenvalue weighted by molar-refractivity contribution is 6.05. The van der Waals surface area contributed by atoms with E-state index < -0.39 is 11.7 Å². The second-order valence-electron chi connectivity index (χ2n) is 8.69. The minimum Gasteiger partial charge on any atom is -0.354 e. The minimum absolute atomic E-state index is 0.293. The zero-order valence-corrected chi connectivity index (χ0v) is 19.4. The highest BCUT2D eigenvalue weighted by atomic mass is 19.4. The molecule has 178 valence electrons. The van der Waals surface area contributed by atoms with Gasteiger partial charge >= 0.3 is 6.18 Å². The molecule has 0 spiro atoms. The monoisotopic (exact) mass is 468 g/mol. The van der Waals surface area contributed by atoms with Gasteiger partial charge in [0.15, 0.2) is 0 Å². The summed E-state index contributed by atoms with van der Waals surface area (Å²) in [7, 11) is 2.11. The Labute approximate surface area is 197 Å². The van der Waals surface area contributed by atoms with Crippen LogP contribution in [0.15, 0.2) is 60.8 Å². The molecule has 4 rings (SSSR count). The van der Waals surface area contributed by atoms with Gasteiger partial charge in [-0.25, -0.2) is 4.98 Å². The molecule has 1 amide bonds. The lowest BCUT2D eigenvalue weighted by molar-refractivity contribution is -0.137. The first-order chi connectivity index (χ1) is 16.1. The van der Waals surface area contributed by atoms with E-state index in [0.717, 1.165) is 48.7 Å². The van der Waals surface area contributed by atoms with Crippen LogP contribution in [0.2, 0.25) is 0 Å². The first-order valence-electron chi connectivity index (χ1n) is 11.1. The summed E-state index contributed by atoms with van der Waals surface area (Å²) in [5, 5.41) is 2.90. The molecule has 1 unspecified atom stereocenters. The van der Waals surface area contributed by atoms with Crippen molar-refractivity contribution in [2.75, 3.05) is 36.9 Å². The topological polar surface area (TPSA) is 48.5 Å². The van der Waals surface area contributed by atoms with Gasteiger partial charge in [0, 0.05) is 37.6 Å². The highest BCUT2D eigenvalue weighted by Crippen LogP contribution is 2.33. The largest absolute Gasteiger partial charge is 0.416 e. The maximum Gasteiger partial charge on any atom is 0.416 e. The SMILES string of the molecule is Cc1c(NC(=O)c2ccc(N3CCN(C)C(C)C3)nc2)cccc1-c1ccc(C(F)(F)F)cc1. The van der Waals surface area contributed by atoms with Gasteiger partial charge in [0.2, 0.25) is 0 Å². The fraction of sp³-hybridized carbons (Fsp3) is 0.308. The van der Waals surface area contributed by atoms with Gasteiger partial charge in [0.25, 0.3) is 5.91 Å². The number of hydrogen-bond donors (Lipinski definition) is 1. The number of piperazine rings is 1. The molecule has 2 heterocycles. The predicted octanol–water partition coefficient (Wildman–Crippen LogP) is 5.47. The Balaban J connectivity index is 1.48. The van der Waals surface area contributed by atoms with Gasteiger partial charge in [0.05, 0.1) is 11.1 Å². The Kier molecular flexibility index (Phi) is 6.61. The number of amides is 1. The van der Waals surface area contributed by atoms with E-state index in [2.05, 4.69) is 34.1 Å². The van der Waals surface area contributed by atoms with Crippen molar-refractivity contribution in [2.45, 2.75) is 26.1 Å². The average Bonchev–Trinajstić information content (AvgIpc) is 2.82. The van der Waals surface area contributed by atoms with Gasteiger partial charge in [-0.1, -0.05) is 24.3 Å². The fourth-order valence-corrected chi connectivity index (χ4v) is 4.08. The standard InChI is InChI=1S/C26H27F3N4O/c1-17-16-33(14-13-32(17)3)24-12-9-20(15-30-24)25(34)31-23-6-4-5-22(18(23)2)19-7-10-21(11-8-19)26(27,28)29/h4-12,15,17H,13-14,16H2,1-3H3,(H,31,34). The van der Waals surface area contributed by atoms with Gasteiger partial charge in [0.1, 0.15) is 5.82 Å². The highest BCUT2D eigenvalue weighted by Gasteiger charge is 2.30. The maximum absolute atomic E-state index is 12.9. The smallest absolute Gasteiger partial charge is 0.354 e. The molecule has 3 aromatic rings. The summed E-state index contributed by atoms with van der Waals surface area (Å²) >= 11 is 0. The van der Waals surface area contributed by atoms with E-state index in [4.69, 9.17) is 0 Å². The zero-order valence-electron chi connectivity index (χ0n) is 19.4. The van der Waals surface area contributed by atoms with Crippen molar-refractivity contribution in [3.05, 3.63) is 77.5 Å². The first kappa shape index (κ1) is 23.8. The van der Waals surface area contributed by atoms with Gasteiger partial charge in [-0.2, -0.15) is 13.2 Å². The van der Waals surface area contributed by atoms with E-state index in [9.17, 15) is 18.0 Å². The Morgan fingerprint density at radius 2 is 1.79 bits per heavy atom. The molecule has 1 aliphatic rings. The number of nitrogens with zero attached hydrogens (tertiary/aromatic N) is 3. The van der Waals surface area contributed by atoms with E-state index in [1.165, 1.54) is 12.1 Å². The number of hydrogen-bond acceptors (Lipinski definition) is 4. The summed E-state index contributed by atoms with van der Waals surface area (Å²) < 4.78 is 38.6. The predicted molar refractivity (Wildman–Crippen MR) is 128 cm³/mol. The molecule has 5 nitrogen and oxygen atoms in total. The van der Waals surface area contributed by atoms with Crippen LogP contribution < -0.4 is 10.2 Å². The van der Waals surface area contributed by atoms with E-state index in [0.29, 0.717) is 22.9 Å². The second-order valence-corrected chi connectivity index (χ2v) is 8.69. The fourth-order valence-electron chi connectivity index (χ4n) is 4.08. The van der Waals surface area contributed by atoms with Crippen LogP contribution in [0.25, 0.3) is 11.1 Å². The molecule has 0 aliphatic carbocycles. The first-order valence-corrected chi connectivity index (χ1v) is 11.1. The number of pyridine rings is 1. The van der Waals surface area contributed by atoms with Crippen LogP contribution in [-0.2, 0) is 6.18 Å². The molecule has 1 atom stereocenters. The third-order valence-electron chi connectivity index (χ3n) is 6.40. The molecule has 34 heavy (non-hydrogen) atoms. The normalized spacial score (nSPS) is 17.0. The van der Waals surface area contributed by atoms with Gasteiger partial charge in [-0.05, 0) is 67.9 Å². The Morgan fingerprint density at radius 3 is 2.41 bits per heavy atom. The van der Waals surface area contributed by atoms with Crippen LogP contribution in [0.1, 0.15) is 28.4 Å². The van der Waals surface area contributed by atoms with Crippen molar-refractivity contribution < 1.29 is 18.0 Å². The minimum atomic E-state index is -4.38. The average molecular weight is 469 g/mol. The summed E-state index contributed by atoms with van der Waals surface area (Å²) in [4.78, 5) is 21.9. The van der Waals surface area contributed by atoms with Crippen LogP contribution in [0.5, 0.6) is 0 Å². The van der Waals surface area contributed by atoms with Crippen LogP contribution in [-0.4, -0.2) is 48.5 Å². The van der Waals surface area contributed by atoms with E-state index in [1.54, 1.807) is 24.4 Å². The number of likely N-dealkylation sites (N-methyl/N-ethyl adjacent to an activating group) is 1. The van der Waals surface area contributed by atoms with Crippen molar-refractivity contribution in [1.29, 1.82) is 0 Å². The number of carbonyl (C=O) groups is 1. The molecule has 0 radical (unpaired) electrons. The second kappa shape index (κ2) is 9.46. The zero-order chi connectivity index (χ0) is 24.5. The molecular formula is C26H27F3N4O. The van der Waals surface area contributed by atoms with E-state index in [-0.39, 0.29) is 5.91 Å². The molecule has 2 aromatic carbocycles. The maximum atomic E-state index is 12.9. The van der Waals surface area contributed by atoms with Gasteiger partial charge < -0.3 is 15.1 Å². The number of alkyl halides is 3. The number of rotatable bonds is 4. The molecule has 0 saturated carbocycles. The summed E-state index contributed by atoms with van der Waals surface area (Å²) in [5.74, 6) is 0.551. The third kappa shape index (κ3) is 5.07. The van der Waals surface area contributed by atoms with Gasteiger partial charge in [-0.3, -0.25) is 4.79 Å². The van der Waals surface area contributed by atoms with Crippen molar-refractivity contribution in [3.8, 4) is 11.1 Å². The lowest BCUT2D eigenvalue weighted by atomic mass is 9.98. The molecule has 8 heteroatoms. The number of halogens is 3. The number of carbonyl (C=O) groups excluding carboxylic acids is 1. The molecule has 1 saturated heterocycles. The van der Waals surface area contributed by atoms with Crippen molar-refractivity contribution in [3.63, 3.8) is 0 Å². The van der Waals surface area contributed by atoms with Crippen LogP contribution in [0.4, 0.5) is 24.7 Å². The number of anilines is 2. The van der Waals surface area contributed by atoms with Crippen LogP contribution in [0, 0.1) is 6.92 Å². The number of benzene rings is 2. The van der Waals surface area contributed by atoms with Crippen molar-refractivity contribution >= 4 is 17.4 Å². The number of nitrogens with one attached hydrogen (secondary N) is 1. The van der Waals surface area contributed by atoms with Crippen molar-refractivity contribution in [2.24, 2.45) is 0 Å². The van der Waals surface area contributed by atoms with Crippen molar-refractivity contribution in [1.82, 2.24) is 9.88 Å². The number of aromatic nitrogens is 1. The van der Waals surface area contributed by atoms with Crippen LogP contribution in [0.3, 0.4) is 0 Å². The Bertz CT molecular complexity index is 1160. The molecule has 0 bridgehead atoms. The quantitative estimate of drug-likeness (QED) is 0.552. The lowest BCUT2D eigenvalue weighted by Gasteiger charge is -2.38. The Hall–Kier alpha value is -3.39. The third-order valence-corrected chi connectivity index (χ3v) is 6.40. The molecular weight excluding hydrogens is 441 g/mol. The van der Waals surface area contributed by atoms with Crippen LogP contribution >= 0.6 is 0 Å². The molecule has 1 aliphatic heterocycles.